The zero-order valence-electron chi connectivity index (χ0n) is 12.5. The van der Waals surface area contributed by atoms with Crippen LogP contribution in [0.1, 0.15) is 29.7 Å². The molecule has 0 aliphatic rings. The molecule has 0 saturated carbocycles. The molecular weight excluding hydrogens is 286 g/mol. The highest BCUT2D eigenvalue weighted by atomic mass is 19.1. The fourth-order valence-corrected chi connectivity index (χ4v) is 2.01. The largest absolute Gasteiger partial charge is 0.334 e. The maximum absolute atomic E-state index is 13.4. The van der Waals surface area contributed by atoms with Gasteiger partial charge in [-0.2, -0.15) is 0 Å². The third-order valence-corrected chi connectivity index (χ3v) is 3.41. The van der Waals surface area contributed by atoms with Crippen molar-refractivity contribution in [2.24, 2.45) is 0 Å². The van der Waals surface area contributed by atoms with Crippen LogP contribution in [-0.2, 0) is 6.54 Å². The molecule has 2 aromatic carbocycles. The van der Waals surface area contributed by atoms with Gasteiger partial charge in [-0.15, -0.1) is 0 Å². The standard InChI is InChI=1S/C17H18F2N2O/c1-11-3-4-13(9-16(11)19)10-20-17(22)21-12(2)14-5-7-15(18)8-6-14/h3-9,12H,10H2,1-2H3,(H2,20,21,22). The summed E-state index contributed by atoms with van der Waals surface area (Å²) in [6.45, 7) is 3.72. The topological polar surface area (TPSA) is 41.1 Å². The van der Waals surface area contributed by atoms with Gasteiger partial charge in [-0.1, -0.05) is 24.3 Å². The molecule has 0 bridgehead atoms. The zero-order valence-corrected chi connectivity index (χ0v) is 12.5. The van der Waals surface area contributed by atoms with Crippen molar-refractivity contribution in [2.45, 2.75) is 26.4 Å². The van der Waals surface area contributed by atoms with Gasteiger partial charge in [0, 0.05) is 6.54 Å². The predicted molar refractivity (Wildman–Crippen MR) is 81.3 cm³/mol. The third-order valence-electron chi connectivity index (χ3n) is 3.41. The molecule has 0 fully saturated rings. The molecule has 0 aromatic heterocycles. The SMILES string of the molecule is Cc1ccc(CNC(=O)NC(C)c2ccc(F)cc2)cc1F. The second kappa shape index (κ2) is 7.02. The average Bonchev–Trinajstić information content (AvgIpc) is 2.49. The van der Waals surface area contributed by atoms with Crippen molar-refractivity contribution >= 4 is 6.03 Å². The molecule has 1 atom stereocenters. The monoisotopic (exact) mass is 304 g/mol. The van der Waals surface area contributed by atoms with Gasteiger partial charge < -0.3 is 10.6 Å². The Hall–Kier alpha value is -2.43. The molecule has 2 N–H and O–H groups in total. The number of urea groups is 1. The van der Waals surface area contributed by atoms with E-state index in [4.69, 9.17) is 0 Å². The lowest BCUT2D eigenvalue weighted by Gasteiger charge is -2.15. The van der Waals surface area contributed by atoms with E-state index in [1.54, 1.807) is 38.1 Å². The Balaban J connectivity index is 1.87. The number of rotatable bonds is 4. The second-order valence-electron chi connectivity index (χ2n) is 5.18. The molecule has 0 spiro atoms. The Morgan fingerprint density at radius 1 is 1.14 bits per heavy atom. The van der Waals surface area contributed by atoms with E-state index in [-0.39, 0.29) is 30.3 Å². The first-order chi connectivity index (χ1) is 10.5. The molecule has 1 unspecified atom stereocenters. The van der Waals surface area contributed by atoms with Gasteiger partial charge in [-0.25, -0.2) is 13.6 Å². The highest BCUT2D eigenvalue weighted by Crippen LogP contribution is 2.13. The zero-order chi connectivity index (χ0) is 16.1. The summed E-state index contributed by atoms with van der Waals surface area (Å²) in [6, 6.07) is 10.2. The Labute approximate surface area is 128 Å². The van der Waals surface area contributed by atoms with E-state index in [9.17, 15) is 13.6 Å². The molecule has 22 heavy (non-hydrogen) atoms. The highest BCUT2D eigenvalue weighted by molar-refractivity contribution is 5.74. The summed E-state index contributed by atoms with van der Waals surface area (Å²) in [6.07, 6.45) is 0. The summed E-state index contributed by atoms with van der Waals surface area (Å²) in [4.78, 5) is 11.8. The predicted octanol–water partition coefficient (Wildman–Crippen LogP) is 3.83. The number of nitrogens with one attached hydrogen (secondary N) is 2. The molecule has 0 aliphatic heterocycles. The molecule has 0 saturated heterocycles. The lowest BCUT2D eigenvalue weighted by molar-refractivity contribution is 0.237. The molecule has 0 aliphatic carbocycles. The van der Waals surface area contributed by atoms with E-state index in [0.29, 0.717) is 11.1 Å². The number of carbonyl (C=O) groups excluding carboxylic acids is 1. The smallest absolute Gasteiger partial charge is 0.315 e. The van der Waals surface area contributed by atoms with Crippen LogP contribution < -0.4 is 10.6 Å². The fourth-order valence-electron chi connectivity index (χ4n) is 2.01. The molecule has 116 valence electrons. The molecule has 0 heterocycles. The number of hydrogen-bond acceptors (Lipinski definition) is 1. The minimum absolute atomic E-state index is 0.235. The van der Waals surface area contributed by atoms with E-state index in [2.05, 4.69) is 10.6 Å². The summed E-state index contributed by atoms with van der Waals surface area (Å²) < 4.78 is 26.3. The van der Waals surface area contributed by atoms with Crippen LogP contribution in [0.5, 0.6) is 0 Å². The van der Waals surface area contributed by atoms with Crippen molar-refractivity contribution in [2.75, 3.05) is 0 Å². The van der Waals surface area contributed by atoms with Crippen LogP contribution in [0.15, 0.2) is 42.5 Å². The van der Waals surface area contributed by atoms with Gasteiger partial charge >= 0.3 is 6.03 Å². The van der Waals surface area contributed by atoms with Crippen molar-refractivity contribution in [3.63, 3.8) is 0 Å². The van der Waals surface area contributed by atoms with Crippen molar-refractivity contribution in [3.05, 3.63) is 70.8 Å². The Morgan fingerprint density at radius 2 is 1.82 bits per heavy atom. The van der Waals surface area contributed by atoms with Crippen LogP contribution in [0.25, 0.3) is 0 Å². The summed E-state index contributed by atoms with van der Waals surface area (Å²) >= 11 is 0. The van der Waals surface area contributed by atoms with Gasteiger partial charge in [0.15, 0.2) is 0 Å². The van der Waals surface area contributed by atoms with Crippen LogP contribution in [0, 0.1) is 18.6 Å². The van der Waals surface area contributed by atoms with Crippen molar-refractivity contribution in [1.82, 2.24) is 10.6 Å². The number of amides is 2. The first-order valence-electron chi connectivity index (χ1n) is 7.00. The Morgan fingerprint density at radius 3 is 2.45 bits per heavy atom. The first kappa shape index (κ1) is 15.9. The van der Waals surface area contributed by atoms with Gasteiger partial charge in [0.2, 0.25) is 0 Å². The quantitative estimate of drug-likeness (QED) is 0.885. The van der Waals surface area contributed by atoms with Gasteiger partial charge in [0.1, 0.15) is 11.6 Å². The lowest BCUT2D eigenvalue weighted by Crippen LogP contribution is -2.36. The van der Waals surface area contributed by atoms with E-state index in [1.165, 1.54) is 18.2 Å². The average molecular weight is 304 g/mol. The van der Waals surface area contributed by atoms with E-state index >= 15 is 0 Å². The summed E-state index contributed by atoms with van der Waals surface area (Å²) in [5, 5.41) is 5.41. The van der Waals surface area contributed by atoms with Crippen LogP contribution in [0.4, 0.5) is 13.6 Å². The van der Waals surface area contributed by atoms with Crippen molar-refractivity contribution in [1.29, 1.82) is 0 Å². The van der Waals surface area contributed by atoms with Gasteiger partial charge in [0.05, 0.1) is 6.04 Å². The number of benzene rings is 2. The third kappa shape index (κ3) is 4.28. The van der Waals surface area contributed by atoms with Crippen molar-refractivity contribution < 1.29 is 13.6 Å². The summed E-state index contributed by atoms with van der Waals surface area (Å²) in [7, 11) is 0. The minimum atomic E-state index is -0.363. The number of hydrogen-bond donors (Lipinski definition) is 2. The normalized spacial score (nSPS) is 11.8. The summed E-state index contributed by atoms with van der Waals surface area (Å²) in [5.41, 5.74) is 2.06. The molecule has 2 aromatic rings. The van der Waals surface area contributed by atoms with Gasteiger partial charge in [-0.3, -0.25) is 0 Å². The van der Waals surface area contributed by atoms with E-state index in [0.717, 1.165) is 5.56 Å². The maximum Gasteiger partial charge on any atom is 0.315 e. The fraction of sp³-hybridized carbons (Fsp3) is 0.235. The molecule has 3 nitrogen and oxygen atoms in total. The van der Waals surface area contributed by atoms with Gasteiger partial charge in [0.25, 0.3) is 0 Å². The molecule has 0 radical (unpaired) electrons. The van der Waals surface area contributed by atoms with Crippen LogP contribution in [0.2, 0.25) is 0 Å². The van der Waals surface area contributed by atoms with Crippen LogP contribution in [0.3, 0.4) is 0 Å². The molecule has 2 rings (SSSR count). The minimum Gasteiger partial charge on any atom is -0.334 e. The highest BCUT2D eigenvalue weighted by Gasteiger charge is 2.09. The molecular formula is C17H18F2N2O. The number of halogens is 2. The van der Waals surface area contributed by atoms with Gasteiger partial charge in [-0.05, 0) is 48.7 Å². The van der Waals surface area contributed by atoms with Crippen LogP contribution in [-0.4, -0.2) is 6.03 Å². The van der Waals surface area contributed by atoms with E-state index in [1.807, 2.05) is 0 Å². The summed E-state index contributed by atoms with van der Waals surface area (Å²) in [5.74, 6) is -0.610. The lowest BCUT2D eigenvalue weighted by atomic mass is 10.1. The van der Waals surface area contributed by atoms with E-state index < -0.39 is 0 Å². The van der Waals surface area contributed by atoms with Crippen molar-refractivity contribution in [3.8, 4) is 0 Å². The second-order valence-corrected chi connectivity index (χ2v) is 5.18. The Bertz CT molecular complexity index is 656. The Kier molecular flexibility index (Phi) is 5.09. The maximum atomic E-state index is 13.4. The molecule has 2 amide bonds. The number of aryl methyl sites for hydroxylation is 1. The number of carbonyl (C=O) groups is 1. The first-order valence-corrected chi connectivity index (χ1v) is 7.00. The molecule has 5 heteroatoms. The van der Waals surface area contributed by atoms with Crippen LogP contribution >= 0.6 is 0 Å².